The van der Waals surface area contributed by atoms with Crippen molar-refractivity contribution in [2.45, 2.75) is 44.1 Å². The minimum atomic E-state index is -0.988. The van der Waals surface area contributed by atoms with Gasteiger partial charge in [0, 0.05) is 39.5 Å². The standard InChI is InChI=1S/C17H24N4O2/c1-20(2)16(23)17(14-12-18-8-9-19-14)7-4-10-21(17)15(22)11-13-5-3-6-13/h8-9,12-13H,3-7,10-11H2,1-2H3. The summed E-state index contributed by atoms with van der Waals surface area (Å²) in [7, 11) is 3.46. The fourth-order valence-corrected chi connectivity index (χ4v) is 3.69. The van der Waals surface area contributed by atoms with Crippen LogP contribution in [0.4, 0.5) is 0 Å². The van der Waals surface area contributed by atoms with E-state index < -0.39 is 5.54 Å². The lowest BCUT2D eigenvalue weighted by Gasteiger charge is -2.39. The van der Waals surface area contributed by atoms with Gasteiger partial charge in [0.05, 0.1) is 11.9 Å². The molecule has 0 N–H and O–H groups in total. The van der Waals surface area contributed by atoms with Crippen LogP contribution in [0.3, 0.4) is 0 Å². The summed E-state index contributed by atoms with van der Waals surface area (Å²) in [5, 5.41) is 0. The van der Waals surface area contributed by atoms with Gasteiger partial charge >= 0.3 is 0 Å². The van der Waals surface area contributed by atoms with E-state index >= 15 is 0 Å². The van der Waals surface area contributed by atoms with Crippen LogP contribution in [0.5, 0.6) is 0 Å². The van der Waals surface area contributed by atoms with Gasteiger partial charge in [-0.3, -0.25) is 19.6 Å². The number of likely N-dealkylation sites (N-methyl/N-ethyl adjacent to an activating group) is 1. The fourth-order valence-electron chi connectivity index (χ4n) is 3.69. The monoisotopic (exact) mass is 316 g/mol. The van der Waals surface area contributed by atoms with Crippen LogP contribution in [0.1, 0.15) is 44.2 Å². The quantitative estimate of drug-likeness (QED) is 0.846. The minimum Gasteiger partial charge on any atom is -0.346 e. The van der Waals surface area contributed by atoms with Crippen molar-refractivity contribution in [3.05, 3.63) is 24.3 Å². The van der Waals surface area contributed by atoms with Crippen molar-refractivity contribution in [3.63, 3.8) is 0 Å². The largest absolute Gasteiger partial charge is 0.346 e. The lowest BCUT2D eigenvalue weighted by Crippen LogP contribution is -2.55. The van der Waals surface area contributed by atoms with E-state index in [2.05, 4.69) is 9.97 Å². The number of likely N-dealkylation sites (tertiary alicyclic amines) is 1. The van der Waals surface area contributed by atoms with E-state index in [0.717, 1.165) is 19.3 Å². The van der Waals surface area contributed by atoms with Crippen LogP contribution in [0, 0.1) is 5.92 Å². The number of hydrogen-bond acceptors (Lipinski definition) is 4. The molecule has 2 aliphatic rings. The molecule has 1 saturated carbocycles. The molecule has 1 unspecified atom stereocenters. The van der Waals surface area contributed by atoms with Crippen LogP contribution in [0.15, 0.2) is 18.6 Å². The van der Waals surface area contributed by atoms with Crippen molar-refractivity contribution in [3.8, 4) is 0 Å². The summed E-state index contributed by atoms with van der Waals surface area (Å²) in [4.78, 5) is 37.7. The Hall–Kier alpha value is -1.98. The average Bonchev–Trinajstić information content (AvgIpc) is 2.96. The normalized spacial score (nSPS) is 24.3. The first-order valence-corrected chi connectivity index (χ1v) is 8.34. The Morgan fingerprint density at radius 2 is 2.09 bits per heavy atom. The highest BCUT2D eigenvalue weighted by Crippen LogP contribution is 2.41. The summed E-state index contributed by atoms with van der Waals surface area (Å²) in [6.07, 6.45) is 10.2. The van der Waals surface area contributed by atoms with Crippen LogP contribution >= 0.6 is 0 Å². The van der Waals surface area contributed by atoms with Gasteiger partial charge in [-0.05, 0) is 31.6 Å². The van der Waals surface area contributed by atoms with Gasteiger partial charge in [0.15, 0.2) is 5.54 Å². The van der Waals surface area contributed by atoms with Crippen LogP contribution in [0.25, 0.3) is 0 Å². The predicted molar refractivity (Wildman–Crippen MR) is 85.3 cm³/mol. The van der Waals surface area contributed by atoms with E-state index in [1.807, 2.05) is 0 Å². The zero-order chi connectivity index (χ0) is 16.4. The van der Waals surface area contributed by atoms with Crippen LogP contribution in [-0.4, -0.2) is 52.2 Å². The van der Waals surface area contributed by atoms with E-state index in [-0.39, 0.29) is 11.8 Å². The highest BCUT2D eigenvalue weighted by Gasteiger charge is 2.53. The van der Waals surface area contributed by atoms with Crippen molar-refractivity contribution in [1.82, 2.24) is 19.8 Å². The molecule has 0 bridgehead atoms. The molecule has 1 saturated heterocycles. The summed E-state index contributed by atoms with van der Waals surface area (Å²) in [6, 6.07) is 0. The highest BCUT2D eigenvalue weighted by atomic mass is 16.2. The fraction of sp³-hybridized carbons (Fsp3) is 0.647. The molecule has 2 amide bonds. The molecule has 124 valence electrons. The molecule has 3 rings (SSSR count). The molecule has 6 nitrogen and oxygen atoms in total. The van der Waals surface area contributed by atoms with Crippen LogP contribution < -0.4 is 0 Å². The van der Waals surface area contributed by atoms with E-state index in [0.29, 0.717) is 31.0 Å². The molecule has 1 aliphatic carbocycles. The van der Waals surface area contributed by atoms with Gasteiger partial charge in [-0.15, -0.1) is 0 Å². The Morgan fingerprint density at radius 1 is 1.30 bits per heavy atom. The third kappa shape index (κ3) is 2.71. The molecular weight excluding hydrogens is 292 g/mol. The maximum Gasteiger partial charge on any atom is 0.254 e. The van der Waals surface area contributed by atoms with Crippen molar-refractivity contribution >= 4 is 11.8 Å². The molecule has 1 aromatic rings. The summed E-state index contributed by atoms with van der Waals surface area (Å²) in [5.74, 6) is 0.475. The second-order valence-corrected chi connectivity index (χ2v) is 6.80. The number of nitrogens with zero attached hydrogens (tertiary/aromatic N) is 4. The molecule has 0 radical (unpaired) electrons. The first-order valence-electron chi connectivity index (χ1n) is 8.34. The molecule has 1 atom stereocenters. The van der Waals surface area contributed by atoms with Crippen molar-refractivity contribution in [1.29, 1.82) is 0 Å². The first-order chi connectivity index (χ1) is 11.1. The SMILES string of the molecule is CN(C)C(=O)C1(c2cnccn2)CCCN1C(=O)CC1CCC1. The zero-order valence-electron chi connectivity index (χ0n) is 13.9. The maximum absolute atomic E-state index is 13.0. The Labute approximate surface area is 136 Å². The third-order valence-corrected chi connectivity index (χ3v) is 5.12. The summed E-state index contributed by atoms with van der Waals surface area (Å²) >= 11 is 0. The number of carbonyl (C=O) groups is 2. The van der Waals surface area contributed by atoms with Gasteiger partial charge in [0.2, 0.25) is 5.91 Å². The maximum atomic E-state index is 13.0. The lowest BCUT2D eigenvalue weighted by atomic mass is 9.82. The van der Waals surface area contributed by atoms with Gasteiger partial charge in [0.25, 0.3) is 5.91 Å². The molecule has 1 aromatic heterocycles. The predicted octanol–water partition coefficient (Wildman–Crippen LogP) is 1.57. The van der Waals surface area contributed by atoms with E-state index in [1.165, 1.54) is 6.42 Å². The third-order valence-electron chi connectivity index (χ3n) is 5.12. The Morgan fingerprint density at radius 3 is 2.65 bits per heavy atom. The summed E-state index contributed by atoms with van der Waals surface area (Å²) < 4.78 is 0. The zero-order valence-corrected chi connectivity index (χ0v) is 13.9. The van der Waals surface area contributed by atoms with Crippen LogP contribution in [-0.2, 0) is 15.1 Å². The molecule has 6 heteroatoms. The number of rotatable bonds is 4. The number of amides is 2. The molecular formula is C17H24N4O2. The smallest absolute Gasteiger partial charge is 0.254 e. The lowest BCUT2D eigenvalue weighted by molar-refractivity contribution is -0.151. The minimum absolute atomic E-state index is 0.0769. The van der Waals surface area contributed by atoms with E-state index in [1.54, 1.807) is 42.5 Å². The van der Waals surface area contributed by atoms with Crippen molar-refractivity contribution < 1.29 is 9.59 Å². The topological polar surface area (TPSA) is 66.4 Å². The molecule has 1 aliphatic heterocycles. The molecule has 0 spiro atoms. The van der Waals surface area contributed by atoms with Gasteiger partial charge in [-0.1, -0.05) is 6.42 Å². The van der Waals surface area contributed by atoms with Gasteiger partial charge < -0.3 is 9.80 Å². The molecule has 23 heavy (non-hydrogen) atoms. The number of carbonyl (C=O) groups excluding carboxylic acids is 2. The van der Waals surface area contributed by atoms with Crippen molar-refractivity contribution in [2.75, 3.05) is 20.6 Å². The summed E-state index contributed by atoms with van der Waals surface area (Å²) in [6.45, 7) is 0.613. The van der Waals surface area contributed by atoms with Gasteiger partial charge in [-0.2, -0.15) is 0 Å². The number of aromatic nitrogens is 2. The van der Waals surface area contributed by atoms with Gasteiger partial charge in [-0.25, -0.2) is 0 Å². The molecule has 2 heterocycles. The van der Waals surface area contributed by atoms with E-state index in [9.17, 15) is 9.59 Å². The number of hydrogen-bond donors (Lipinski definition) is 0. The Kier molecular flexibility index (Phi) is 4.33. The second-order valence-electron chi connectivity index (χ2n) is 6.80. The first kappa shape index (κ1) is 15.9. The molecule has 0 aromatic carbocycles. The highest BCUT2D eigenvalue weighted by molar-refractivity contribution is 5.92. The summed E-state index contributed by atoms with van der Waals surface area (Å²) in [5.41, 5.74) is -0.406. The Bertz CT molecular complexity index is 586. The van der Waals surface area contributed by atoms with Gasteiger partial charge in [0.1, 0.15) is 0 Å². The second kappa shape index (κ2) is 6.26. The van der Waals surface area contributed by atoms with Crippen LogP contribution in [0.2, 0.25) is 0 Å². The van der Waals surface area contributed by atoms with E-state index in [4.69, 9.17) is 0 Å². The molecule has 2 fully saturated rings. The Balaban J connectivity index is 1.96. The average molecular weight is 316 g/mol. The van der Waals surface area contributed by atoms with Crippen molar-refractivity contribution in [2.24, 2.45) is 5.92 Å².